The molecule has 0 amide bonds. The summed E-state index contributed by atoms with van der Waals surface area (Å²) in [6.07, 6.45) is 0. The highest BCUT2D eigenvalue weighted by molar-refractivity contribution is 6.51. The van der Waals surface area contributed by atoms with Crippen LogP contribution in [0.5, 0.6) is 0 Å². The second-order valence-electron chi connectivity index (χ2n) is 9.87. The molecular formula is C32H24ClFN6. The van der Waals surface area contributed by atoms with Crippen LogP contribution in [0.15, 0.2) is 107 Å². The number of para-hydroxylation sites is 3. The lowest BCUT2D eigenvalue weighted by Crippen LogP contribution is -2.46. The van der Waals surface area contributed by atoms with Crippen LogP contribution in [0.4, 0.5) is 27.3 Å². The second-order valence-corrected chi connectivity index (χ2v) is 10.3. The molecule has 5 aromatic rings. The number of fused-ring (bicyclic) bond motifs is 4. The third-order valence-corrected chi connectivity index (χ3v) is 7.67. The van der Waals surface area contributed by atoms with Gasteiger partial charge in [0.05, 0.1) is 28.8 Å². The molecule has 0 saturated carbocycles. The highest BCUT2D eigenvalue weighted by atomic mass is 35.5. The normalized spacial score (nSPS) is 15.5. The molecule has 8 heteroatoms. The van der Waals surface area contributed by atoms with Crippen molar-refractivity contribution in [2.45, 2.75) is 19.9 Å². The van der Waals surface area contributed by atoms with E-state index in [2.05, 4.69) is 10.2 Å². The van der Waals surface area contributed by atoms with Gasteiger partial charge in [-0.1, -0.05) is 60.1 Å². The third-order valence-electron chi connectivity index (χ3n) is 7.26. The number of aliphatic imine (C=N–C) groups is 2. The van der Waals surface area contributed by atoms with Gasteiger partial charge in [-0.3, -0.25) is 0 Å². The summed E-state index contributed by atoms with van der Waals surface area (Å²) in [7, 11) is 0. The number of aryl methyl sites for hydroxylation is 2. The molecule has 2 aliphatic heterocycles. The Morgan fingerprint density at radius 3 is 2.38 bits per heavy atom. The maximum Gasteiger partial charge on any atom is 0.179 e. The standard InChI is InChI=1S/C32H24ClFN6/c1-19-12-17-23(18-25(19)33)35-30-32-37-31-28(20(2)38-40(31)24-8-4-3-5-9-24)29(21-13-15-22(34)16-14-21)39(32)27-11-7-6-10-26(27)36-30/h3-18,29H,1-2H3,(H,35,36)/t29-/m0/s1. The van der Waals surface area contributed by atoms with Crippen LogP contribution < -0.4 is 10.2 Å². The zero-order valence-corrected chi connectivity index (χ0v) is 22.6. The first kappa shape index (κ1) is 24.3. The number of hydrogen-bond donors (Lipinski definition) is 1. The minimum Gasteiger partial charge on any atom is -0.337 e. The molecule has 6 nitrogen and oxygen atoms in total. The lowest BCUT2D eigenvalue weighted by atomic mass is 9.93. The molecule has 1 aromatic heterocycles. The molecule has 3 heterocycles. The average molecular weight is 547 g/mol. The van der Waals surface area contributed by atoms with Crippen LogP contribution in [-0.4, -0.2) is 21.5 Å². The first-order valence-corrected chi connectivity index (χ1v) is 13.4. The van der Waals surface area contributed by atoms with Crippen molar-refractivity contribution in [2.24, 2.45) is 9.98 Å². The van der Waals surface area contributed by atoms with E-state index < -0.39 is 0 Å². The molecule has 0 unspecified atom stereocenters. The monoisotopic (exact) mass is 546 g/mol. The predicted octanol–water partition coefficient (Wildman–Crippen LogP) is 8.08. The van der Waals surface area contributed by atoms with Gasteiger partial charge in [-0.2, -0.15) is 5.10 Å². The number of benzene rings is 4. The molecule has 1 N–H and O–H groups in total. The summed E-state index contributed by atoms with van der Waals surface area (Å²) < 4.78 is 16.0. The lowest BCUT2D eigenvalue weighted by Gasteiger charge is -2.40. The number of hydrogen-bond acceptors (Lipinski definition) is 5. The summed E-state index contributed by atoms with van der Waals surface area (Å²) in [5.74, 6) is 1.63. The van der Waals surface area contributed by atoms with Crippen molar-refractivity contribution < 1.29 is 4.39 Å². The Hall–Kier alpha value is -4.75. The summed E-state index contributed by atoms with van der Waals surface area (Å²) in [6, 6.07) is 30.0. The van der Waals surface area contributed by atoms with E-state index in [0.717, 1.165) is 45.1 Å². The van der Waals surface area contributed by atoms with E-state index in [1.54, 1.807) is 0 Å². The Bertz CT molecular complexity index is 1820. The Morgan fingerprint density at radius 1 is 0.850 bits per heavy atom. The van der Waals surface area contributed by atoms with E-state index in [9.17, 15) is 4.39 Å². The highest BCUT2D eigenvalue weighted by Gasteiger charge is 2.41. The zero-order chi connectivity index (χ0) is 27.4. The minimum atomic E-state index is -0.324. The number of halogens is 2. The van der Waals surface area contributed by atoms with Gasteiger partial charge in [-0.25, -0.2) is 19.1 Å². The van der Waals surface area contributed by atoms with Gasteiger partial charge in [-0.05, 0) is 73.5 Å². The van der Waals surface area contributed by atoms with Crippen molar-refractivity contribution in [3.05, 3.63) is 130 Å². The molecule has 0 fully saturated rings. The van der Waals surface area contributed by atoms with Crippen molar-refractivity contribution in [1.29, 1.82) is 0 Å². The summed E-state index contributed by atoms with van der Waals surface area (Å²) in [5, 5.41) is 9.06. The molecule has 0 spiro atoms. The van der Waals surface area contributed by atoms with Gasteiger partial charge in [-0.15, -0.1) is 0 Å². The number of nitrogens with zero attached hydrogens (tertiary/aromatic N) is 5. The van der Waals surface area contributed by atoms with E-state index in [4.69, 9.17) is 26.7 Å². The van der Waals surface area contributed by atoms with Crippen LogP contribution in [0.2, 0.25) is 5.02 Å². The van der Waals surface area contributed by atoms with E-state index in [-0.39, 0.29) is 11.9 Å². The highest BCUT2D eigenvalue weighted by Crippen LogP contribution is 2.48. The topological polar surface area (TPSA) is 57.8 Å². The van der Waals surface area contributed by atoms with E-state index in [1.165, 1.54) is 12.1 Å². The average Bonchev–Trinajstić information content (AvgIpc) is 3.31. The van der Waals surface area contributed by atoms with E-state index in [0.29, 0.717) is 22.5 Å². The number of anilines is 2. The van der Waals surface area contributed by atoms with Crippen molar-refractivity contribution >= 4 is 46.2 Å². The minimum absolute atomic E-state index is 0.287. The fourth-order valence-electron chi connectivity index (χ4n) is 5.31. The van der Waals surface area contributed by atoms with Gasteiger partial charge >= 0.3 is 0 Å². The number of rotatable bonds is 3. The summed E-state index contributed by atoms with van der Waals surface area (Å²) in [4.78, 5) is 12.4. The number of amidine groups is 2. The van der Waals surface area contributed by atoms with E-state index in [1.807, 2.05) is 103 Å². The van der Waals surface area contributed by atoms with Crippen LogP contribution in [0.1, 0.15) is 28.4 Å². The molecule has 1 atom stereocenters. The number of aromatic nitrogens is 2. The third kappa shape index (κ3) is 3.98. The Kier molecular flexibility index (Phi) is 5.75. The maximum absolute atomic E-state index is 14.1. The second kappa shape index (κ2) is 9.47. The maximum atomic E-state index is 14.1. The van der Waals surface area contributed by atoms with Crippen molar-refractivity contribution in [3.63, 3.8) is 0 Å². The van der Waals surface area contributed by atoms with Gasteiger partial charge in [0.25, 0.3) is 0 Å². The fourth-order valence-corrected chi connectivity index (χ4v) is 5.50. The quantitative estimate of drug-likeness (QED) is 0.249. The SMILES string of the molecule is Cc1ccc(NC2=Nc3ccccc3N3C2=Nc2c(c(C)nn2-c2ccccc2)[C@@H]3c2ccc(F)cc2)cc1Cl. The summed E-state index contributed by atoms with van der Waals surface area (Å²) >= 11 is 6.46. The first-order chi connectivity index (χ1) is 19.5. The summed E-state index contributed by atoms with van der Waals surface area (Å²) in [6.45, 7) is 3.96. The predicted molar refractivity (Wildman–Crippen MR) is 159 cm³/mol. The Morgan fingerprint density at radius 2 is 1.60 bits per heavy atom. The molecule has 0 saturated heterocycles. The largest absolute Gasteiger partial charge is 0.337 e. The van der Waals surface area contributed by atoms with E-state index >= 15 is 0 Å². The molecule has 7 rings (SSSR count). The Balaban J connectivity index is 1.49. The van der Waals surface area contributed by atoms with Crippen molar-refractivity contribution in [1.82, 2.24) is 9.78 Å². The molecule has 4 aromatic carbocycles. The Labute approximate surface area is 236 Å². The molecular weight excluding hydrogens is 523 g/mol. The molecule has 40 heavy (non-hydrogen) atoms. The van der Waals surface area contributed by atoms with Crippen molar-refractivity contribution in [3.8, 4) is 5.69 Å². The van der Waals surface area contributed by atoms with Crippen LogP contribution in [0.25, 0.3) is 5.69 Å². The zero-order valence-electron chi connectivity index (χ0n) is 21.8. The van der Waals surface area contributed by atoms with Crippen LogP contribution in [0.3, 0.4) is 0 Å². The molecule has 196 valence electrons. The fraction of sp³-hybridized carbons (Fsp3) is 0.0938. The van der Waals surface area contributed by atoms with Gasteiger partial charge < -0.3 is 10.2 Å². The lowest BCUT2D eigenvalue weighted by molar-refractivity contribution is 0.626. The van der Waals surface area contributed by atoms with Gasteiger partial charge in [0.1, 0.15) is 5.82 Å². The van der Waals surface area contributed by atoms with Gasteiger partial charge in [0, 0.05) is 16.3 Å². The van der Waals surface area contributed by atoms with Gasteiger partial charge in [0.2, 0.25) is 0 Å². The van der Waals surface area contributed by atoms with Gasteiger partial charge in [0.15, 0.2) is 17.5 Å². The summed E-state index contributed by atoms with van der Waals surface area (Å²) in [5.41, 5.74) is 7.10. The van der Waals surface area contributed by atoms with Crippen molar-refractivity contribution in [2.75, 3.05) is 10.2 Å². The number of nitrogens with one attached hydrogen (secondary N) is 1. The van der Waals surface area contributed by atoms with Crippen LogP contribution in [0, 0.1) is 19.7 Å². The molecule has 0 aliphatic carbocycles. The van der Waals surface area contributed by atoms with Crippen LogP contribution >= 0.6 is 11.6 Å². The molecule has 0 radical (unpaired) electrons. The molecule has 0 bridgehead atoms. The molecule has 2 aliphatic rings. The smallest absolute Gasteiger partial charge is 0.179 e. The first-order valence-electron chi connectivity index (χ1n) is 13.0. The van der Waals surface area contributed by atoms with Crippen LogP contribution in [-0.2, 0) is 0 Å².